The molecule has 0 amide bonds. The second-order valence-corrected chi connectivity index (χ2v) is 5.82. The zero-order chi connectivity index (χ0) is 20.6. The Balaban J connectivity index is 0.000000892. The van der Waals surface area contributed by atoms with E-state index in [1.807, 2.05) is 0 Å². The summed E-state index contributed by atoms with van der Waals surface area (Å²) in [5, 5.41) is 11.1. The third kappa shape index (κ3) is 11.4. The Morgan fingerprint density at radius 3 is 1.61 bits per heavy atom. The van der Waals surface area contributed by atoms with E-state index in [4.69, 9.17) is 45.1 Å². The van der Waals surface area contributed by atoms with Gasteiger partial charge in [0.2, 0.25) is 0 Å². The van der Waals surface area contributed by atoms with Gasteiger partial charge in [-0.2, -0.15) is 0 Å². The maximum Gasteiger partial charge on any atom is 0.163 e. The summed E-state index contributed by atoms with van der Waals surface area (Å²) in [7, 11) is 0. The van der Waals surface area contributed by atoms with Crippen molar-refractivity contribution in [2.45, 2.75) is 6.92 Å². The summed E-state index contributed by atoms with van der Waals surface area (Å²) >= 11 is 0. The van der Waals surface area contributed by atoms with Gasteiger partial charge in [0.1, 0.15) is 13.2 Å². The number of fused-ring (bicyclic) bond motifs is 1. The first kappa shape index (κ1) is 23.8. The van der Waals surface area contributed by atoms with Crippen molar-refractivity contribution in [3.8, 4) is 11.5 Å². The molecule has 0 fully saturated rings. The molecule has 1 aliphatic rings. The van der Waals surface area contributed by atoms with Gasteiger partial charge >= 0.3 is 0 Å². The van der Waals surface area contributed by atoms with Gasteiger partial charge in [-0.05, 0) is 6.92 Å². The van der Waals surface area contributed by atoms with Crippen LogP contribution in [0.5, 0.6) is 11.5 Å². The zero-order valence-corrected chi connectivity index (χ0v) is 16.3. The van der Waals surface area contributed by atoms with Gasteiger partial charge in [-0.3, -0.25) is 0 Å². The molecule has 0 saturated carbocycles. The van der Waals surface area contributed by atoms with Gasteiger partial charge in [0.05, 0.1) is 64.1 Å². The highest BCUT2D eigenvalue weighted by Gasteiger charge is 2.09. The summed E-state index contributed by atoms with van der Waals surface area (Å²) in [6.07, 6.45) is 0. The summed E-state index contributed by atoms with van der Waals surface area (Å²) in [5.41, 5.74) is 12.6. The zero-order valence-electron chi connectivity index (χ0n) is 16.3. The van der Waals surface area contributed by atoms with E-state index in [2.05, 4.69) is 5.32 Å². The minimum absolute atomic E-state index is 0.393. The lowest BCUT2D eigenvalue weighted by Crippen LogP contribution is -2.86. The highest BCUT2D eigenvalue weighted by molar-refractivity contribution is 5.69. The molecule has 10 heteroatoms. The van der Waals surface area contributed by atoms with Crippen LogP contribution in [0.3, 0.4) is 0 Å². The van der Waals surface area contributed by atoms with E-state index in [-0.39, 0.29) is 0 Å². The molecule has 1 heterocycles. The molecule has 1 aromatic carbocycles. The van der Waals surface area contributed by atoms with Crippen LogP contribution in [0.1, 0.15) is 6.92 Å². The Kier molecular flexibility index (Phi) is 12.5. The van der Waals surface area contributed by atoms with Gasteiger partial charge in [0.15, 0.2) is 11.5 Å². The number of hydrogen-bond donors (Lipinski definition) is 3. The molecule has 160 valence electrons. The number of hydrogen-bond acceptors (Lipinski definition) is 9. The van der Waals surface area contributed by atoms with Gasteiger partial charge in [-0.1, -0.05) is 0 Å². The Hall–Kier alpha value is -2.27. The number of carbonyl (C=O) groups is 1. The topological polar surface area (TPSA) is 155 Å². The second-order valence-electron chi connectivity index (χ2n) is 5.82. The number of nitrogen functional groups attached to an aromatic ring is 2. The van der Waals surface area contributed by atoms with Crippen LogP contribution in [0.25, 0.3) is 0 Å². The number of aliphatic carboxylic acids is 1. The normalized spacial score (nSPS) is 17.3. The number of carboxylic acid groups (broad SMARTS) is 1. The number of anilines is 2. The van der Waals surface area contributed by atoms with Crippen LogP contribution in [0.15, 0.2) is 12.1 Å². The molecule has 28 heavy (non-hydrogen) atoms. The molecule has 0 unspecified atom stereocenters. The summed E-state index contributed by atoms with van der Waals surface area (Å²) in [5.74, 6) is 0.0253. The van der Waals surface area contributed by atoms with Crippen LogP contribution in [0, 0.1) is 0 Å². The summed E-state index contributed by atoms with van der Waals surface area (Å²) in [6, 6.07) is 3.34. The second kappa shape index (κ2) is 14.7. The lowest BCUT2D eigenvalue weighted by molar-refractivity contribution is -0.657. The van der Waals surface area contributed by atoms with E-state index in [0.29, 0.717) is 75.7 Å². The first-order chi connectivity index (χ1) is 13.5. The van der Waals surface area contributed by atoms with Crippen LogP contribution >= 0.6 is 0 Å². The van der Waals surface area contributed by atoms with Gasteiger partial charge in [-0.25, -0.2) is 0 Å². The molecule has 0 radical (unpaired) electrons. The van der Waals surface area contributed by atoms with Crippen LogP contribution in [0.2, 0.25) is 0 Å². The lowest BCUT2D eigenvalue weighted by Gasteiger charge is -2.15. The number of ether oxygens (including phenoxy) is 5. The molecule has 1 aliphatic heterocycles. The molecule has 0 saturated heterocycles. The fraction of sp³-hybridized carbons (Fsp3) is 0.611. The first-order valence-electron chi connectivity index (χ1n) is 9.17. The largest absolute Gasteiger partial charge is 0.550 e. The first-order valence-corrected chi connectivity index (χ1v) is 9.17. The predicted molar refractivity (Wildman–Crippen MR) is 101 cm³/mol. The van der Waals surface area contributed by atoms with Crippen molar-refractivity contribution in [3.05, 3.63) is 12.1 Å². The van der Waals surface area contributed by atoms with Crippen molar-refractivity contribution in [2.24, 2.45) is 0 Å². The van der Waals surface area contributed by atoms with Gasteiger partial charge in [0.25, 0.3) is 0 Å². The molecule has 0 aliphatic carbocycles. The van der Waals surface area contributed by atoms with E-state index in [1.54, 1.807) is 12.1 Å². The smallest absolute Gasteiger partial charge is 0.163 e. The molecule has 0 aromatic heterocycles. The SMILES string of the molecule is CC(=O)[O-].Nc1cc2c(cc1N)OCCOCCOCC[NH2+]CCOCCO2. The summed E-state index contributed by atoms with van der Waals surface area (Å²) < 4.78 is 27.9. The predicted octanol–water partition coefficient (Wildman–Crippen LogP) is -2.01. The average Bonchev–Trinajstić information content (AvgIpc) is 2.63. The molecule has 10 nitrogen and oxygen atoms in total. The summed E-state index contributed by atoms with van der Waals surface area (Å²) in [4.78, 5) is 8.89. The lowest BCUT2D eigenvalue weighted by atomic mass is 10.2. The minimum Gasteiger partial charge on any atom is -0.550 e. The van der Waals surface area contributed by atoms with Crippen molar-refractivity contribution in [2.75, 3.05) is 77.4 Å². The molecular formula is C18H31N3O7. The van der Waals surface area contributed by atoms with E-state index >= 15 is 0 Å². The van der Waals surface area contributed by atoms with Gasteiger partial charge in [-0.15, -0.1) is 0 Å². The Labute approximate surface area is 165 Å². The van der Waals surface area contributed by atoms with E-state index in [0.717, 1.165) is 20.0 Å². The Morgan fingerprint density at radius 2 is 1.18 bits per heavy atom. The number of quaternary nitrogens is 1. The van der Waals surface area contributed by atoms with E-state index < -0.39 is 5.97 Å². The average molecular weight is 401 g/mol. The number of carboxylic acids is 1. The number of rotatable bonds is 0. The van der Waals surface area contributed by atoms with Crippen molar-refractivity contribution in [3.63, 3.8) is 0 Å². The molecule has 6 N–H and O–H groups in total. The molecule has 0 spiro atoms. The maximum atomic E-state index is 8.89. The van der Waals surface area contributed by atoms with Crippen molar-refractivity contribution in [1.82, 2.24) is 0 Å². The Morgan fingerprint density at radius 1 is 0.821 bits per heavy atom. The molecule has 0 bridgehead atoms. The fourth-order valence-corrected chi connectivity index (χ4v) is 2.14. The molecule has 1 aromatic rings. The van der Waals surface area contributed by atoms with E-state index in [1.165, 1.54) is 0 Å². The molecule has 2 rings (SSSR count). The number of benzene rings is 1. The highest BCUT2D eigenvalue weighted by atomic mass is 16.6. The monoisotopic (exact) mass is 401 g/mol. The maximum absolute atomic E-state index is 8.89. The minimum atomic E-state index is -1.08. The third-order valence-electron chi connectivity index (χ3n) is 3.42. The Bertz CT molecular complexity index is 525. The quantitative estimate of drug-likeness (QED) is 0.418. The number of nitrogens with two attached hydrogens (primary N) is 3. The van der Waals surface area contributed by atoms with Crippen LogP contribution in [-0.4, -0.2) is 71.9 Å². The van der Waals surface area contributed by atoms with Crippen LogP contribution < -0.4 is 31.4 Å². The van der Waals surface area contributed by atoms with E-state index in [9.17, 15) is 0 Å². The molecular weight excluding hydrogens is 370 g/mol. The van der Waals surface area contributed by atoms with Crippen LogP contribution in [-0.2, 0) is 19.0 Å². The van der Waals surface area contributed by atoms with Crippen molar-refractivity contribution < 1.29 is 38.9 Å². The molecule has 0 atom stereocenters. The standard InChI is InChI=1S/C16H27N3O5.C2H4O2/c17-13-11-15-16(12-14(13)18)24-10-8-22-6-5-20-3-1-19-2-4-21-7-9-23-15;1-2(3)4/h11-12,19H,1-10,17-18H2;1H3,(H,3,4). The van der Waals surface area contributed by atoms with Gasteiger partial charge < -0.3 is 50.4 Å². The number of carbonyl (C=O) groups excluding carboxylic acids is 1. The fourth-order valence-electron chi connectivity index (χ4n) is 2.14. The summed E-state index contributed by atoms with van der Waals surface area (Å²) in [6.45, 7) is 7.03. The highest BCUT2D eigenvalue weighted by Crippen LogP contribution is 2.33. The third-order valence-corrected chi connectivity index (χ3v) is 3.42. The van der Waals surface area contributed by atoms with Crippen molar-refractivity contribution in [1.29, 1.82) is 0 Å². The van der Waals surface area contributed by atoms with Gasteiger partial charge in [0, 0.05) is 18.1 Å². The van der Waals surface area contributed by atoms with Crippen LogP contribution in [0.4, 0.5) is 11.4 Å². The van der Waals surface area contributed by atoms with Crippen molar-refractivity contribution >= 4 is 17.3 Å².